The zero-order valence-electron chi connectivity index (χ0n) is 8.51. The number of nitrogens with two attached hydrogens (primary N) is 1. The van der Waals surface area contributed by atoms with E-state index < -0.39 is 0 Å². The van der Waals surface area contributed by atoms with Crippen molar-refractivity contribution in [2.75, 3.05) is 26.3 Å². The Morgan fingerprint density at radius 2 is 2.31 bits per heavy atom. The summed E-state index contributed by atoms with van der Waals surface area (Å²) in [6.07, 6.45) is 0.939. The molecule has 1 unspecified atom stereocenters. The normalized spacial score (nSPS) is 12.5. The largest absolute Gasteiger partial charge is 0.372 e. The molecule has 0 rings (SSSR count). The van der Waals surface area contributed by atoms with Crippen LogP contribution in [0, 0.1) is 5.92 Å². The second-order valence-corrected chi connectivity index (χ2v) is 3.12. The summed E-state index contributed by atoms with van der Waals surface area (Å²) in [4.78, 5) is 11.0. The Labute approximate surface area is 79.8 Å². The molecule has 0 aliphatic carbocycles. The van der Waals surface area contributed by atoms with Crippen LogP contribution >= 0.6 is 0 Å². The molecule has 4 nitrogen and oxygen atoms in total. The molecular weight excluding hydrogens is 168 g/mol. The van der Waals surface area contributed by atoms with E-state index in [0.717, 1.165) is 6.42 Å². The van der Waals surface area contributed by atoms with E-state index in [2.05, 4.69) is 12.2 Å². The minimum atomic E-state index is -0.0503. The molecule has 0 aliphatic heterocycles. The minimum absolute atomic E-state index is 0.0503. The first-order chi connectivity index (χ1) is 6.20. The molecule has 1 atom stereocenters. The Kier molecular flexibility index (Phi) is 7.63. The van der Waals surface area contributed by atoms with Gasteiger partial charge in [0.1, 0.15) is 6.61 Å². The van der Waals surface area contributed by atoms with Gasteiger partial charge in [-0.15, -0.1) is 0 Å². The predicted octanol–water partition coefficient (Wildman–Crippen LogP) is 0.124. The summed E-state index contributed by atoms with van der Waals surface area (Å²) in [6, 6.07) is 0. The molecule has 78 valence electrons. The Hall–Kier alpha value is -0.610. The van der Waals surface area contributed by atoms with Crippen LogP contribution in [0.5, 0.6) is 0 Å². The highest BCUT2D eigenvalue weighted by Gasteiger charge is 2.03. The standard InChI is InChI=1S/C9H20N2O2/c1-3-13-7-9(12)11-6-8(2)4-5-10/h8H,3-7,10H2,1-2H3,(H,11,12). The van der Waals surface area contributed by atoms with Gasteiger partial charge in [-0.05, 0) is 25.8 Å². The first-order valence-electron chi connectivity index (χ1n) is 4.75. The van der Waals surface area contributed by atoms with Crippen molar-refractivity contribution < 1.29 is 9.53 Å². The predicted molar refractivity (Wildman–Crippen MR) is 52.3 cm³/mol. The topological polar surface area (TPSA) is 64.3 Å². The fourth-order valence-corrected chi connectivity index (χ4v) is 0.920. The van der Waals surface area contributed by atoms with Crippen LogP contribution in [0.4, 0.5) is 0 Å². The molecule has 0 fully saturated rings. The molecule has 1 amide bonds. The van der Waals surface area contributed by atoms with Crippen LogP contribution in [0.25, 0.3) is 0 Å². The van der Waals surface area contributed by atoms with Gasteiger partial charge in [0.15, 0.2) is 0 Å². The summed E-state index contributed by atoms with van der Waals surface area (Å²) in [7, 11) is 0. The summed E-state index contributed by atoms with van der Waals surface area (Å²) < 4.78 is 4.95. The van der Waals surface area contributed by atoms with Gasteiger partial charge in [0.2, 0.25) is 5.91 Å². The van der Waals surface area contributed by atoms with Crippen LogP contribution in [0.3, 0.4) is 0 Å². The van der Waals surface area contributed by atoms with Gasteiger partial charge in [0.25, 0.3) is 0 Å². The number of nitrogens with one attached hydrogen (secondary N) is 1. The molecule has 0 radical (unpaired) electrons. The monoisotopic (exact) mass is 188 g/mol. The molecule has 0 aromatic carbocycles. The van der Waals surface area contributed by atoms with Gasteiger partial charge in [0.05, 0.1) is 0 Å². The maximum Gasteiger partial charge on any atom is 0.246 e. The van der Waals surface area contributed by atoms with E-state index in [0.29, 0.717) is 25.6 Å². The van der Waals surface area contributed by atoms with Crippen molar-refractivity contribution in [3.05, 3.63) is 0 Å². The summed E-state index contributed by atoms with van der Waals surface area (Å²) in [6.45, 7) is 6.02. The van der Waals surface area contributed by atoms with Gasteiger partial charge < -0.3 is 15.8 Å². The van der Waals surface area contributed by atoms with Crippen LogP contribution in [0.2, 0.25) is 0 Å². The number of carbonyl (C=O) groups is 1. The van der Waals surface area contributed by atoms with Crippen molar-refractivity contribution in [3.8, 4) is 0 Å². The van der Waals surface area contributed by atoms with Crippen LogP contribution in [0.1, 0.15) is 20.3 Å². The van der Waals surface area contributed by atoms with Gasteiger partial charge in [-0.1, -0.05) is 6.92 Å². The highest BCUT2D eigenvalue weighted by molar-refractivity contribution is 5.77. The van der Waals surface area contributed by atoms with E-state index in [1.807, 2.05) is 6.92 Å². The van der Waals surface area contributed by atoms with Gasteiger partial charge in [-0.25, -0.2) is 0 Å². The Morgan fingerprint density at radius 3 is 2.85 bits per heavy atom. The molecule has 0 bridgehead atoms. The van der Waals surface area contributed by atoms with E-state index >= 15 is 0 Å². The van der Waals surface area contributed by atoms with Crippen molar-refractivity contribution in [1.29, 1.82) is 0 Å². The average molecular weight is 188 g/mol. The fourth-order valence-electron chi connectivity index (χ4n) is 0.920. The molecule has 13 heavy (non-hydrogen) atoms. The lowest BCUT2D eigenvalue weighted by atomic mass is 10.1. The molecule has 0 saturated heterocycles. The maximum absolute atomic E-state index is 11.0. The van der Waals surface area contributed by atoms with Gasteiger partial charge >= 0.3 is 0 Å². The molecule has 0 aromatic heterocycles. The highest BCUT2D eigenvalue weighted by Crippen LogP contribution is 1.96. The van der Waals surface area contributed by atoms with Gasteiger partial charge in [-0.3, -0.25) is 4.79 Å². The number of hydrogen-bond donors (Lipinski definition) is 2. The number of rotatable bonds is 7. The number of amides is 1. The maximum atomic E-state index is 11.0. The first-order valence-corrected chi connectivity index (χ1v) is 4.75. The van der Waals surface area contributed by atoms with Crippen LogP contribution in [-0.4, -0.2) is 32.2 Å². The quantitative estimate of drug-likeness (QED) is 0.596. The summed E-state index contributed by atoms with van der Waals surface area (Å²) in [5.41, 5.74) is 5.38. The lowest BCUT2D eigenvalue weighted by Crippen LogP contribution is -2.32. The smallest absolute Gasteiger partial charge is 0.246 e. The zero-order valence-corrected chi connectivity index (χ0v) is 8.51. The third-order valence-corrected chi connectivity index (χ3v) is 1.74. The highest BCUT2D eigenvalue weighted by atomic mass is 16.5. The summed E-state index contributed by atoms with van der Waals surface area (Å²) >= 11 is 0. The molecule has 0 aromatic rings. The number of carbonyl (C=O) groups excluding carboxylic acids is 1. The minimum Gasteiger partial charge on any atom is -0.372 e. The van der Waals surface area contributed by atoms with Crippen molar-refractivity contribution in [1.82, 2.24) is 5.32 Å². The molecule has 0 aliphatic rings. The van der Waals surface area contributed by atoms with E-state index in [1.165, 1.54) is 0 Å². The second kappa shape index (κ2) is 8.01. The van der Waals surface area contributed by atoms with E-state index in [9.17, 15) is 4.79 Å². The molecule has 3 N–H and O–H groups in total. The third-order valence-electron chi connectivity index (χ3n) is 1.74. The Bertz CT molecular complexity index is 140. The van der Waals surface area contributed by atoms with E-state index in [-0.39, 0.29) is 12.5 Å². The summed E-state index contributed by atoms with van der Waals surface area (Å²) in [5, 5.41) is 2.78. The molecule has 4 heteroatoms. The fraction of sp³-hybridized carbons (Fsp3) is 0.889. The second-order valence-electron chi connectivity index (χ2n) is 3.12. The van der Waals surface area contributed by atoms with Crippen molar-refractivity contribution in [3.63, 3.8) is 0 Å². The number of ether oxygens (including phenoxy) is 1. The lowest BCUT2D eigenvalue weighted by Gasteiger charge is -2.10. The van der Waals surface area contributed by atoms with E-state index in [4.69, 9.17) is 10.5 Å². The zero-order chi connectivity index (χ0) is 10.1. The SMILES string of the molecule is CCOCC(=O)NCC(C)CCN. The van der Waals surface area contributed by atoms with Crippen LogP contribution in [-0.2, 0) is 9.53 Å². The molecule has 0 spiro atoms. The van der Waals surface area contributed by atoms with Gasteiger partial charge in [-0.2, -0.15) is 0 Å². The van der Waals surface area contributed by atoms with Crippen LogP contribution < -0.4 is 11.1 Å². The van der Waals surface area contributed by atoms with Gasteiger partial charge in [0, 0.05) is 13.2 Å². The Morgan fingerprint density at radius 1 is 1.62 bits per heavy atom. The number of hydrogen-bond acceptors (Lipinski definition) is 3. The Balaban J connectivity index is 3.34. The van der Waals surface area contributed by atoms with Crippen LogP contribution in [0.15, 0.2) is 0 Å². The lowest BCUT2D eigenvalue weighted by molar-refractivity contribution is -0.125. The van der Waals surface area contributed by atoms with Crippen molar-refractivity contribution in [2.24, 2.45) is 11.7 Å². The molecular formula is C9H20N2O2. The van der Waals surface area contributed by atoms with Crippen molar-refractivity contribution >= 4 is 5.91 Å². The van der Waals surface area contributed by atoms with E-state index in [1.54, 1.807) is 0 Å². The molecule has 0 heterocycles. The third kappa shape index (κ3) is 7.74. The average Bonchev–Trinajstić information content (AvgIpc) is 2.12. The summed E-state index contributed by atoms with van der Waals surface area (Å²) in [5.74, 6) is 0.390. The molecule has 0 saturated carbocycles. The first kappa shape index (κ1) is 12.4. The van der Waals surface area contributed by atoms with Crippen molar-refractivity contribution in [2.45, 2.75) is 20.3 Å².